The van der Waals surface area contributed by atoms with Crippen molar-refractivity contribution < 1.29 is 13.9 Å². The molecule has 0 aliphatic carbocycles. The molecule has 5 heteroatoms. The summed E-state index contributed by atoms with van der Waals surface area (Å²) in [5.74, 6) is 0.282. The van der Waals surface area contributed by atoms with Crippen LogP contribution in [0.15, 0.2) is 48.5 Å². The summed E-state index contributed by atoms with van der Waals surface area (Å²) in [4.78, 5) is 13.9. The predicted molar refractivity (Wildman–Crippen MR) is 89.2 cm³/mol. The fraction of sp³-hybridized carbons (Fsp3) is 0.278. The average molecular weight is 316 g/mol. The zero-order valence-electron chi connectivity index (χ0n) is 13.5. The van der Waals surface area contributed by atoms with Crippen molar-refractivity contribution in [2.45, 2.75) is 19.9 Å². The average Bonchev–Trinajstić information content (AvgIpc) is 2.56. The Morgan fingerprint density at radius 2 is 1.87 bits per heavy atom. The zero-order chi connectivity index (χ0) is 16.8. The number of para-hydroxylation sites is 2. The number of hydrogen-bond acceptors (Lipinski definition) is 2. The Kier molecular flexibility index (Phi) is 5.57. The SMILES string of the molecule is CCOc1ccccc1NC(=O)N(C)C(C)c1ccccc1F. The summed E-state index contributed by atoms with van der Waals surface area (Å²) < 4.78 is 19.4. The van der Waals surface area contributed by atoms with E-state index < -0.39 is 6.04 Å². The Morgan fingerprint density at radius 3 is 2.57 bits per heavy atom. The molecule has 0 aromatic heterocycles. The monoisotopic (exact) mass is 316 g/mol. The van der Waals surface area contributed by atoms with E-state index in [1.807, 2.05) is 19.1 Å². The number of urea groups is 1. The molecule has 2 rings (SSSR count). The maximum atomic E-state index is 13.9. The van der Waals surface area contributed by atoms with Crippen molar-refractivity contribution in [1.82, 2.24) is 4.90 Å². The molecule has 4 nitrogen and oxygen atoms in total. The molecule has 0 aliphatic rings. The first kappa shape index (κ1) is 16.8. The molecule has 0 fully saturated rings. The van der Waals surface area contributed by atoms with Crippen molar-refractivity contribution in [3.8, 4) is 5.75 Å². The first-order valence-corrected chi connectivity index (χ1v) is 7.54. The normalized spacial score (nSPS) is 11.7. The number of nitrogens with zero attached hydrogens (tertiary/aromatic N) is 1. The van der Waals surface area contributed by atoms with Gasteiger partial charge in [0.15, 0.2) is 0 Å². The van der Waals surface area contributed by atoms with E-state index in [0.29, 0.717) is 23.6 Å². The van der Waals surface area contributed by atoms with E-state index in [9.17, 15) is 9.18 Å². The van der Waals surface area contributed by atoms with Gasteiger partial charge in [0.1, 0.15) is 11.6 Å². The number of carbonyl (C=O) groups is 1. The van der Waals surface area contributed by atoms with Gasteiger partial charge in [0.25, 0.3) is 0 Å². The molecule has 122 valence electrons. The van der Waals surface area contributed by atoms with Crippen LogP contribution in [-0.2, 0) is 0 Å². The third-order valence-corrected chi connectivity index (χ3v) is 3.69. The number of ether oxygens (including phenoxy) is 1. The smallest absolute Gasteiger partial charge is 0.322 e. The molecule has 2 aromatic carbocycles. The van der Waals surface area contributed by atoms with Gasteiger partial charge >= 0.3 is 6.03 Å². The maximum Gasteiger partial charge on any atom is 0.322 e. The minimum Gasteiger partial charge on any atom is -0.492 e. The van der Waals surface area contributed by atoms with Gasteiger partial charge in [0.05, 0.1) is 18.3 Å². The van der Waals surface area contributed by atoms with Gasteiger partial charge in [-0.2, -0.15) is 0 Å². The van der Waals surface area contributed by atoms with Gasteiger partial charge in [0, 0.05) is 12.6 Å². The molecule has 0 spiro atoms. The molecule has 1 N–H and O–H groups in total. The van der Waals surface area contributed by atoms with Crippen molar-refractivity contribution in [3.05, 3.63) is 59.9 Å². The third kappa shape index (κ3) is 4.00. The highest BCUT2D eigenvalue weighted by Crippen LogP contribution is 2.26. The Labute approximate surface area is 135 Å². The molecule has 0 aliphatic heterocycles. The minimum atomic E-state index is -0.393. The quantitative estimate of drug-likeness (QED) is 0.885. The van der Waals surface area contributed by atoms with Crippen molar-refractivity contribution in [3.63, 3.8) is 0 Å². The lowest BCUT2D eigenvalue weighted by atomic mass is 10.1. The van der Waals surface area contributed by atoms with Crippen LogP contribution in [0.5, 0.6) is 5.75 Å². The summed E-state index contributed by atoms with van der Waals surface area (Å²) in [6.07, 6.45) is 0. The van der Waals surface area contributed by atoms with E-state index in [-0.39, 0.29) is 11.8 Å². The second-order valence-electron chi connectivity index (χ2n) is 5.17. The number of anilines is 1. The van der Waals surface area contributed by atoms with Gasteiger partial charge in [-0.15, -0.1) is 0 Å². The number of rotatable bonds is 5. The molecule has 0 radical (unpaired) electrons. The van der Waals surface area contributed by atoms with E-state index >= 15 is 0 Å². The number of benzene rings is 2. The van der Waals surface area contributed by atoms with Crippen LogP contribution in [-0.4, -0.2) is 24.6 Å². The van der Waals surface area contributed by atoms with Crippen molar-refractivity contribution in [2.75, 3.05) is 19.0 Å². The third-order valence-electron chi connectivity index (χ3n) is 3.69. The fourth-order valence-electron chi connectivity index (χ4n) is 2.25. The maximum absolute atomic E-state index is 13.9. The van der Waals surface area contributed by atoms with Gasteiger partial charge < -0.3 is 15.0 Å². The second-order valence-corrected chi connectivity index (χ2v) is 5.17. The lowest BCUT2D eigenvalue weighted by molar-refractivity contribution is 0.207. The number of nitrogens with one attached hydrogen (secondary N) is 1. The van der Waals surface area contributed by atoms with E-state index in [1.165, 1.54) is 11.0 Å². The van der Waals surface area contributed by atoms with Crippen molar-refractivity contribution >= 4 is 11.7 Å². The molecule has 23 heavy (non-hydrogen) atoms. The van der Waals surface area contributed by atoms with Crippen molar-refractivity contribution in [1.29, 1.82) is 0 Å². The van der Waals surface area contributed by atoms with Gasteiger partial charge in [0.2, 0.25) is 0 Å². The number of hydrogen-bond donors (Lipinski definition) is 1. The summed E-state index contributed by atoms with van der Waals surface area (Å²) in [6.45, 7) is 4.17. The van der Waals surface area contributed by atoms with Gasteiger partial charge in [-0.25, -0.2) is 9.18 Å². The standard InChI is InChI=1S/C18H21FN2O2/c1-4-23-17-12-8-7-11-16(17)20-18(22)21(3)13(2)14-9-5-6-10-15(14)19/h5-13H,4H2,1-3H3,(H,20,22). The highest BCUT2D eigenvalue weighted by Gasteiger charge is 2.20. The zero-order valence-corrected chi connectivity index (χ0v) is 13.5. The Hall–Kier alpha value is -2.56. The van der Waals surface area contributed by atoms with Crippen LogP contribution >= 0.6 is 0 Å². The lowest BCUT2D eigenvalue weighted by Crippen LogP contribution is -2.34. The van der Waals surface area contributed by atoms with E-state index in [1.54, 1.807) is 44.3 Å². The predicted octanol–water partition coefficient (Wildman–Crippen LogP) is 4.45. The van der Waals surface area contributed by atoms with Gasteiger partial charge in [-0.05, 0) is 32.0 Å². The Morgan fingerprint density at radius 1 is 1.22 bits per heavy atom. The lowest BCUT2D eigenvalue weighted by Gasteiger charge is -2.26. The van der Waals surface area contributed by atoms with Crippen LogP contribution in [0.25, 0.3) is 0 Å². The summed E-state index contributed by atoms with van der Waals surface area (Å²) >= 11 is 0. The van der Waals surface area contributed by atoms with Crippen LogP contribution < -0.4 is 10.1 Å². The second kappa shape index (κ2) is 7.63. The number of halogens is 1. The summed E-state index contributed by atoms with van der Waals surface area (Å²) in [6, 6.07) is 13.0. The first-order valence-electron chi connectivity index (χ1n) is 7.54. The first-order chi connectivity index (χ1) is 11.0. The van der Waals surface area contributed by atoms with Crippen LogP contribution in [0.1, 0.15) is 25.5 Å². The fourth-order valence-corrected chi connectivity index (χ4v) is 2.25. The molecular weight excluding hydrogens is 295 g/mol. The summed E-state index contributed by atoms with van der Waals surface area (Å²) in [7, 11) is 1.63. The molecule has 0 saturated carbocycles. The van der Waals surface area contributed by atoms with Crippen LogP contribution in [0, 0.1) is 5.82 Å². The van der Waals surface area contributed by atoms with Crippen LogP contribution in [0.3, 0.4) is 0 Å². The van der Waals surface area contributed by atoms with Crippen LogP contribution in [0.2, 0.25) is 0 Å². The summed E-state index contributed by atoms with van der Waals surface area (Å²) in [5, 5.41) is 2.80. The number of carbonyl (C=O) groups excluding carboxylic acids is 1. The molecule has 2 aromatic rings. The molecule has 0 saturated heterocycles. The Bertz CT molecular complexity index is 676. The molecule has 0 bridgehead atoms. The van der Waals surface area contributed by atoms with E-state index in [2.05, 4.69) is 5.32 Å². The molecule has 1 atom stereocenters. The highest BCUT2D eigenvalue weighted by molar-refractivity contribution is 5.91. The topological polar surface area (TPSA) is 41.6 Å². The molecule has 2 amide bonds. The van der Waals surface area contributed by atoms with Gasteiger partial charge in [-0.3, -0.25) is 0 Å². The molecule has 1 unspecified atom stereocenters. The highest BCUT2D eigenvalue weighted by atomic mass is 19.1. The summed E-state index contributed by atoms with van der Waals surface area (Å²) in [5.41, 5.74) is 1.06. The largest absolute Gasteiger partial charge is 0.492 e. The van der Waals surface area contributed by atoms with Crippen molar-refractivity contribution in [2.24, 2.45) is 0 Å². The van der Waals surface area contributed by atoms with E-state index in [4.69, 9.17) is 4.74 Å². The van der Waals surface area contributed by atoms with E-state index in [0.717, 1.165) is 0 Å². The Balaban J connectivity index is 2.13. The molecular formula is C18H21FN2O2. The van der Waals surface area contributed by atoms with Crippen LogP contribution in [0.4, 0.5) is 14.9 Å². The number of amides is 2. The minimum absolute atomic E-state index is 0.325. The molecule has 0 heterocycles. The van der Waals surface area contributed by atoms with Gasteiger partial charge in [-0.1, -0.05) is 30.3 Å².